The molecule has 3 aliphatic rings. The maximum atomic E-state index is 13.5. The Morgan fingerprint density at radius 3 is 2.60 bits per heavy atom. The number of rotatable bonds is 3. The number of ketones is 2. The second-order valence-electron chi connectivity index (χ2n) is 8.11. The molecule has 1 fully saturated rings. The lowest BCUT2D eigenvalue weighted by atomic mass is 9.77. The average Bonchev–Trinajstić information content (AvgIpc) is 3.27. The highest BCUT2D eigenvalue weighted by Gasteiger charge is 2.53. The smallest absolute Gasteiger partial charge is 0.296 e. The zero-order chi connectivity index (χ0) is 21.0. The van der Waals surface area contributed by atoms with Gasteiger partial charge in [0, 0.05) is 6.92 Å². The minimum absolute atomic E-state index is 0.0192. The molecular formula is C23H22N2O4S. The molecular weight excluding hydrogens is 400 g/mol. The van der Waals surface area contributed by atoms with Crippen LogP contribution in [0.3, 0.4) is 0 Å². The molecule has 3 unspecified atom stereocenters. The van der Waals surface area contributed by atoms with E-state index in [0.717, 1.165) is 31.2 Å². The monoisotopic (exact) mass is 422 g/mol. The summed E-state index contributed by atoms with van der Waals surface area (Å²) in [4.78, 5) is 45.6. The van der Waals surface area contributed by atoms with E-state index in [1.807, 2.05) is 30.3 Å². The van der Waals surface area contributed by atoms with E-state index < -0.39 is 6.04 Å². The molecule has 3 heterocycles. The fraction of sp³-hybridized carbons (Fsp3) is 0.391. The van der Waals surface area contributed by atoms with E-state index in [0.29, 0.717) is 21.3 Å². The van der Waals surface area contributed by atoms with Crippen molar-refractivity contribution < 1.29 is 19.1 Å². The van der Waals surface area contributed by atoms with E-state index in [-0.39, 0.29) is 35.3 Å². The van der Waals surface area contributed by atoms with Gasteiger partial charge in [-0.25, -0.2) is 4.98 Å². The maximum Gasteiger partial charge on any atom is 0.296 e. The van der Waals surface area contributed by atoms with Crippen LogP contribution in [-0.4, -0.2) is 28.6 Å². The number of hydrogen-bond donors (Lipinski definition) is 0. The van der Waals surface area contributed by atoms with Crippen LogP contribution in [0.5, 0.6) is 0 Å². The van der Waals surface area contributed by atoms with Gasteiger partial charge in [0.1, 0.15) is 6.10 Å². The molecule has 0 saturated heterocycles. The summed E-state index contributed by atoms with van der Waals surface area (Å²) in [5.41, 5.74) is 1.86. The van der Waals surface area contributed by atoms with E-state index in [2.05, 4.69) is 4.98 Å². The lowest BCUT2D eigenvalue weighted by molar-refractivity contribution is -0.131. The molecule has 30 heavy (non-hydrogen) atoms. The number of aryl methyl sites for hydroxylation is 1. The topological polar surface area (TPSA) is 76.6 Å². The quantitative estimate of drug-likeness (QED) is 0.695. The van der Waals surface area contributed by atoms with Gasteiger partial charge in [0.25, 0.3) is 5.91 Å². The Morgan fingerprint density at radius 1 is 1.17 bits per heavy atom. The molecule has 2 aromatic rings. The lowest BCUT2D eigenvalue weighted by Gasteiger charge is -2.35. The first-order valence-corrected chi connectivity index (χ1v) is 11.1. The summed E-state index contributed by atoms with van der Waals surface area (Å²) in [5, 5.41) is 0.422. The van der Waals surface area contributed by atoms with Crippen molar-refractivity contribution in [1.29, 1.82) is 0 Å². The molecule has 0 bridgehead atoms. The summed E-state index contributed by atoms with van der Waals surface area (Å²) in [6, 6.07) is 8.91. The van der Waals surface area contributed by atoms with Crippen LogP contribution in [0.1, 0.15) is 59.6 Å². The van der Waals surface area contributed by atoms with Crippen molar-refractivity contribution in [1.82, 2.24) is 4.98 Å². The zero-order valence-corrected chi connectivity index (χ0v) is 17.7. The summed E-state index contributed by atoms with van der Waals surface area (Å²) in [7, 11) is 0. The van der Waals surface area contributed by atoms with E-state index in [4.69, 9.17) is 4.74 Å². The number of aromatic nitrogens is 1. The second kappa shape index (κ2) is 7.16. The largest absolute Gasteiger partial charge is 0.483 e. The highest BCUT2D eigenvalue weighted by atomic mass is 32.1. The van der Waals surface area contributed by atoms with Crippen molar-refractivity contribution >= 4 is 33.9 Å². The van der Waals surface area contributed by atoms with E-state index in [1.165, 1.54) is 18.3 Å². The Bertz CT molecular complexity index is 1090. The second-order valence-corrected chi connectivity index (χ2v) is 9.09. The van der Waals surface area contributed by atoms with Gasteiger partial charge in [0.15, 0.2) is 22.5 Å². The van der Waals surface area contributed by atoms with Crippen molar-refractivity contribution in [3.05, 3.63) is 57.8 Å². The Labute approximate surface area is 178 Å². The fourth-order valence-electron chi connectivity index (χ4n) is 4.80. The van der Waals surface area contributed by atoms with Crippen LogP contribution >= 0.6 is 11.3 Å². The van der Waals surface area contributed by atoms with Gasteiger partial charge in [-0.05, 0) is 31.7 Å². The first-order chi connectivity index (χ1) is 14.5. The minimum atomic E-state index is -0.588. The first kappa shape index (κ1) is 19.2. The average molecular weight is 423 g/mol. The number of nitrogens with zero attached hydrogens (tertiary/aromatic N) is 2. The summed E-state index contributed by atoms with van der Waals surface area (Å²) in [6.45, 7) is 3.25. The molecule has 0 radical (unpaired) electrons. The van der Waals surface area contributed by atoms with Crippen molar-refractivity contribution in [3.63, 3.8) is 0 Å². The summed E-state index contributed by atoms with van der Waals surface area (Å²) >= 11 is 1.19. The molecule has 0 N–H and O–H groups in total. The van der Waals surface area contributed by atoms with E-state index in [9.17, 15) is 14.4 Å². The van der Waals surface area contributed by atoms with Gasteiger partial charge < -0.3 is 4.74 Å². The summed E-state index contributed by atoms with van der Waals surface area (Å²) in [6.07, 6.45) is 3.36. The number of amides is 1. The van der Waals surface area contributed by atoms with Crippen LogP contribution in [0.25, 0.3) is 0 Å². The number of Topliss-reactive ketones (excluding diaryl/α,β-unsaturated/α-hetero) is 2. The zero-order valence-electron chi connectivity index (χ0n) is 16.9. The molecule has 3 atom stereocenters. The molecule has 7 heteroatoms. The number of anilines is 1. The van der Waals surface area contributed by atoms with Crippen molar-refractivity contribution in [2.24, 2.45) is 5.92 Å². The van der Waals surface area contributed by atoms with Gasteiger partial charge in [-0.1, -0.05) is 48.1 Å². The summed E-state index contributed by atoms with van der Waals surface area (Å²) < 4.78 is 6.16. The highest BCUT2D eigenvalue weighted by Crippen LogP contribution is 2.49. The van der Waals surface area contributed by atoms with Crippen LogP contribution < -0.4 is 4.90 Å². The van der Waals surface area contributed by atoms with Gasteiger partial charge >= 0.3 is 0 Å². The molecule has 6 nitrogen and oxygen atoms in total. The molecule has 1 saturated carbocycles. The SMILES string of the molecule is CC(=O)c1sc(N2C(=O)C3=C(C(=O)C4CCCCC4O3)C2c2ccccc2)nc1C. The van der Waals surface area contributed by atoms with Crippen molar-refractivity contribution in [3.8, 4) is 0 Å². The van der Waals surface area contributed by atoms with Gasteiger partial charge in [-0.3, -0.25) is 19.3 Å². The Hall–Kier alpha value is -2.80. The van der Waals surface area contributed by atoms with Crippen LogP contribution in [0, 0.1) is 12.8 Å². The fourth-order valence-corrected chi connectivity index (χ4v) is 5.79. The lowest BCUT2D eigenvalue weighted by Crippen LogP contribution is -2.39. The normalized spacial score (nSPS) is 25.8. The number of carbonyl (C=O) groups is 3. The van der Waals surface area contributed by atoms with Gasteiger partial charge in [-0.15, -0.1) is 0 Å². The molecule has 0 spiro atoms. The Kier molecular flexibility index (Phi) is 4.58. The molecule has 5 rings (SSSR count). The number of hydrogen-bond acceptors (Lipinski definition) is 6. The number of ether oxygens (including phenoxy) is 1. The Balaban J connectivity index is 1.65. The third kappa shape index (κ3) is 2.83. The van der Waals surface area contributed by atoms with E-state index >= 15 is 0 Å². The molecule has 1 aromatic carbocycles. The van der Waals surface area contributed by atoms with Crippen LogP contribution in [0.4, 0.5) is 5.13 Å². The molecule has 1 aliphatic carbocycles. The third-order valence-corrected chi connectivity index (χ3v) is 7.45. The molecule has 154 valence electrons. The molecule has 1 aromatic heterocycles. The van der Waals surface area contributed by atoms with Crippen molar-refractivity contribution in [2.75, 3.05) is 4.90 Å². The Morgan fingerprint density at radius 2 is 1.90 bits per heavy atom. The predicted octanol–water partition coefficient (Wildman–Crippen LogP) is 4.15. The number of fused-ring (bicyclic) bond motifs is 1. The standard InChI is InChI=1S/C23H22N2O4S/c1-12-21(13(2)26)30-23(24-12)25-18(14-8-4-3-5-9-14)17-19(27)15-10-6-7-11-16(15)29-20(17)22(25)28/h3-5,8-9,15-16,18H,6-7,10-11H2,1-2H3. The first-order valence-electron chi connectivity index (χ1n) is 10.3. The minimum Gasteiger partial charge on any atom is -0.483 e. The summed E-state index contributed by atoms with van der Waals surface area (Å²) in [5.74, 6) is -0.447. The van der Waals surface area contributed by atoms with Gasteiger partial charge in [0.2, 0.25) is 0 Å². The predicted molar refractivity (Wildman–Crippen MR) is 112 cm³/mol. The van der Waals surface area contributed by atoms with Crippen LogP contribution in [0.2, 0.25) is 0 Å². The van der Waals surface area contributed by atoms with Gasteiger partial charge in [0.05, 0.1) is 28.1 Å². The van der Waals surface area contributed by atoms with Crippen LogP contribution in [-0.2, 0) is 14.3 Å². The number of carbonyl (C=O) groups excluding carboxylic acids is 3. The highest BCUT2D eigenvalue weighted by molar-refractivity contribution is 7.17. The molecule has 2 aliphatic heterocycles. The van der Waals surface area contributed by atoms with Crippen LogP contribution in [0.15, 0.2) is 41.7 Å². The number of benzene rings is 1. The van der Waals surface area contributed by atoms with Gasteiger partial charge in [-0.2, -0.15) is 0 Å². The molecule has 1 amide bonds. The third-order valence-electron chi connectivity index (χ3n) is 6.19. The maximum absolute atomic E-state index is 13.5. The van der Waals surface area contributed by atoms with E-state index in [1.54, 1.807) is 11.8 Å². The number of thiazole rings is 1. The van der Waals surface area contributed by atoms with Crippen molar-refractivity contribution in [2.45, 2.75) is 51.7 Å².